The Hall–Kier alpha value is -1.92. The molecule has 1 saturated carbocycles. The fraction of sp³-hybridized carbons (Fsp3) is 0.308. The molecule has 1 unspecified atom stereocenters. The SMILES string of the molecule is CC12Cc3ccn(-c4ccc(F)cc4)c3C=C1CC[C@@]2(O)CCc1ccccc1I. The number of aliphatic hydroxyl groups is 1. The third kappa shape index (κ3) is 3.16. The molecule has 1 heterocycles. The van der Waals surface area contributed by atoms with Crippen molar-refractivity contribution in [3.05, 3.63) is 92.6 Å². The molecule has 154 valence electrons. The van der Waals surface area contributed by atoms with Gasteiger partial charge in [0.05, 0.1) is 5.60 Å². The summed E-state index contributed by atoms with van der Waals surface area (Å²) in [5.74, 6) is -0.223. The fourth-order valence-electron chi connectivity index (χ4n) is 5.31. The van der Waals surface area contributed by atoms with E-state index in [1.165, 1.54) is 32.4 Å². The minimum absolute atomic E-state index is 0.223. The quantitative estimate of drug-likeness (QED) is 0.406. The van der Waals surface area contributed by atoms with Gasteiger partial charge in [0, 0.05) is 26.6 Å². The maximum absolute atomic E-state index is 13.4. The van der Waals surface area contributed by atoms with Gasteiger partial charge in [0.1, 0.15) is 5.82 Å². The molecule has 1 N–H and O–H groups in total. The van der Waals surface area contributed by atoms with Crippen LogP contribution >= 0.6 is 22.6 Å². The number of rotatable bonds is 4. The van der Waals surface area contributed by atoms with Crippen LogP contribution in [0.25, 0.3) is 11.8 Å². The topological polar surface area (TPSA) is 25.2 Å². The average molecular weight is 513 g/mol. The summed E-state index contributed by atoms with van der Waals surface area (Å²) in [5, 5.41) is 11.8. The van der Waals surface area contributed by atoms with E-state index in [2.05, 4.69) is 76.7 Å². The highest BCUT2D eigenvalue weighted by molar-refractivity contribution is 14.1. The molecule has 2 aliphatic rings. The molecule has 5 rings (SSSR count). The maximum Gasteiger partial charge on any atom is 0.123 e. The zero-order chi connectivity index (χ0) is 20.9. The molecular weight excluding hydrogens is 488 g/mol. The number of benzene rings is 2. The Labute approximate surface area is 190 Å². The number of hydrogen-bond acceptors (Lipinski definition) is 1. The Morgan fingerprint density at radius 1 is 1.10 bits per heavy atom. The summed E-state index contributed by atoms with van der Waals surface area (Å²) in [7, 11) is 0. The lowest BCUT2D eigenvalue weighted by molar-refractivity contribution is -0.0461. The van der Waals surface area contributed by atoms with Crippen molar-refractivity contribution < 1.29 is 9.50 Å². The van der Waals surface area contributed by atoms with E-state index < -0.39 is 5.60 Å². The monoisotopic (exact) mass is 513 g/mol. The summed E-state index contributed by atoms with van der Waals surface area (Å²) in [5.41, 5.74) is 5.08. The molecule has 0 aliphatic heterocycles. The van der Waals surface area contributed by atoms with Gasteiger partial charge in [-0.1, -0.05) is 30.7 Å². The number of aromatic nitrogens is 1. The maximum atomic E-state index is 13.4. The first-order valence-electron chi connectivity index (χ1n) is 10.5. The molecule has 2 aliphatic carbocycles. The van der Waals surface area contributed by atoms with Crippen LogP contribution in [0, 0.1) is 14.8 Å². The second-order valence-electron chi connectivity index (χ2n) is 8.87. The van der Waals surface area contributed by atoms with Gasteiger partial charge in [-0.2, -0.15) is 0 Å². The van der Waals surface area contributed by atoms with Crippen LogP contribution in [0.4, 0.5) is 4.39 Å². The van der Waals surface area contributed by atoms with Crippen molar-refractivity contribution in [3.63, 3.8) is 0 Å². The Balaban J connectivity index is 1.45. The van der Waals surface area contributed by atoms with Gasteiger partial charge in [-0.15, -0.1) is 0 Å². The first kappa shape index (κ1) is 20.0. The molecule has 2 atom stereocenters. The number of fused-ring (bicyclic) bond motifs is 2. The van der Waals surface area contributed by atoms with E-state index in [1.54, 1.807) is 0 Å². The van der Waals surface area contributed by atoms with Crippen molar-refractivity contribution in [2.24, 2.45) is 5.41 Å². The van der Waals surface area contributed by atoms with E-state index in [0.29, 0.717) is 0 Å². The van der Waals surface area contributed by atoms with Gasteiger partial charge in [0.25, 0.3) is 0 Å². The first-order chi connectivity index (χ1) is 14.4. The average Bonchev–Trinajstić information content (AvgIpc) is 3.24. The van der Waals surface area contributed by atoms with Crippen molar-refractivity contribution in [3.8, 4) is 5.69 Å². The van der Waals surface area contributed by atoms with Gasteiger partial charge in [0.2, 0.25) is 0 Å². The van der Waals surface area contributed by atoms with E-state index in [4.69, 9.17) is 0 Å². The van der Waals surface area contributed by atoms with Gasteiger partial charge in [0.15, 0.2) is 0 Å². The second kappa shape index (κ2) is 7.34. The summed E-state index contributed by atoms with van der Waals surface area (Å²) in [6.45, 7) is 2.24. The molecule has 3 aromatic rings. The Bertz CT molecular complexity index is 1130. The largest absolute Gasteiger partial charge is 0.389 e. The molecule has 0 bridgehead atoms. The van der Waals surface area contributed by atoms with Crippen LogP contribution in [0.3, 0.4) is 0 Å². The fourth-order valence-corrected chi connectivity index (χ4v) is 5.97. The lowest BCUT2D eigenvalue weighted by atomic mass is 9.65. The number of aryl methyl sites for hydroxylation is 1. The van der Waals surface area contributed by atoms with E-state index in [1.807, 2.05) is 12.1 Å². The summed E-state index contributed by atoms with van der Waals surface area (Å²) < 4.78 is 16.7. The lowest BCUT2D eigenvalue weighted by Gasteiger charge is -2.43. The summed E-state index contributed by atoms with van der Waals surface area (Å²) in [4.78, 5) is 0. The van der Waals surface area contributed by atoms with Crippen LogP contribution in [-0.4, -0.2) is 15.3 Å². The molecule has 1 fully saturated rings. The third-order valence-corrected chi connectivity index (χ3v) is 8.33. The highest BCUT2D eigenvalue weighted by Gasteiger charge is 2.54. The van der Waals surface area contributed by atoms with Gasteiger partial charge in [-0.25, -0.2) is 4.39 Å². The van der Waals surface area contributed by atoms with E-state index in [0.717, 1.165) is 43.5 Å². The van der Waals surface area contributed by atoms with Crippen LogP contribution < -0.4 is 0 Å². The van der Waals surface area contributed by atoms with Crippen LogP contribution in [0.5, 0.6) is 0 Å². The highest BCUT2D eigenvalue weighted by atomic mass is 127. The predicted molar refractivity (Wildman–Crippen MR) is 127 cm³/mol. The van der Waals surface area contributed by atoms with E-state index >= 15 is 0 Å². The zero-order valence-electron chi connectivity index (χ0n) is 17.0. The molecule has 30 heavy (non-hydrogen) atoms. The van der Waals surface area contributed by atoms with Crippen LogP contribution in [0.15, 0.2) is 66.4 Å². The van der Waals surface area contributed by atoms with Crippen LogP contribution in [0.1, 0.15) is 43.0 Å². The zero-order valence-corrected chi connectivity index (χ0v) is 19.2. The molecule has 2 aromatic carbocycles. The Morgan fingerprint density at radius 3 is 2.63 bits per heavy atom. The number of nitrogens with zero attached hydrogens (tertiary/aromatic N) is 1. The molecule has 4 heteroatoms. The Kier molecular flexibility index (Phi) is 4.90. The van der Waals surface area contributed by atoms with Crippen molar-refractivity contribution in [1.82, 2.24) is 4.57 Å². The van der Waals surface area contributed by atoms with Crippen molar-refractivity contribution in [2.45, 2.75) is 44.6 Å². The first-order valence-corrected chi connectivity index (χ1v) is 11.6. The minimum Gasteiger partial charge on any atom is -0.389 e. The molecular formula is C26H25FINO. The van der Waals surface area contributed by atoms with E-state index in [9.17, 15) is 9.50 Å². The van der Waals surface area contributed by atoms with Crippen molar-refractivity contribution in [2.75, 3.05) is 0 Å². The van der Waals surface area contributed by atoms with Crippen molar-refractivity contribution >= 4 is 28.7 Å². The molecule has 2 nitrogen and oxygen atoms in total. The summed E-state index contributed by atoms with van der Waals surface area (Å²) in [6, 6.07) is 17.2. The number of halogens is 2. The van der Waals surface area contributed by atoms with Gasteiger partial charge < -0.3 is 9.67 Å². The van der Waals surface area contributed by atoms with Gasteiger partial charge in [-0.05, 0) is 108 Å². The molecule has 1 aromatic heterocycles. The normalized spacial score (nSPS) is 25.0. The standard InChI is InChI=1S/C26H25FINO/c1-25-17-19-12-15-29(22-8-6-21(27)7-9-22)24(19)16-20(25)11-14-26(25,30)13-10-18-4-2-3-5-23(18)28/h2-9,12,15-16,30H,10-11,13-14,17H2,1H3/t25?,26-/m0/s1. The second-order valence-corrected chi connectivity index (χ2v) is 10.0. The van der Waals surface area contributed by atoms with Crippen LogP contribution in [0.2, 0.25) is 0 Å². The minimum atomic E-state index is -0.701. The van der Waals surface area contributed by atoms with Crippen molar-refractivity contribution in [1.29, 1.82) is 0 Å². The third-order valence-electron chi connectivity index (χ3n) is 7.28. The molecule has 0 amide bonds. The lowest BCUT2D eigenvalue weighted by Crippen LogP contribution is -2.45. The predicted octanol–water partition coefficient (Wildman–Crippen LogP) is 6.32. The van der Waals surface area contributed by atoms with Gasteiger partial charge >= 0.3 is 0 Å². The molecule has 0 saturated heterocycles. The summed E-state index contributed by atoms with van der Waals surface area (Å²) in [6.07, 6.45) is 8.56. The molecule has 0 radical (unpaired) electrons. The Morgan fingerprint density at radius 2 is 1.87 bits per heavy atom. The highest BCUT2D eigenvalue weighted by Crippen LogP contribution is 2.57. The van der Waals surface area contributed by atoms with E-state index in [-0.39, 0.29) is 11.2 Å². The van der Waals surface area contributed by atoms with Gasteiger partial charge in [-0.3, -0.25) is 0 Å². The smallest absolute Gasteiger partial charge is 0.123 e. The van der Waals surface area contributed by atoms with Crippen LogP contribution in [-0.2, 0) is 12.8 Å². The molecule has 0 spiro atoms. The number of hydrogen-bond donors (Lipinski definition) is 1. The summed E-state index contributed by atoms with van der Waals surface area (Å²) >= 11 is 2.38.